The molecule has 0 radical (unpaired) electrons. The number of carboxylic acid groups (broad SMARTS) is 1. The van der Waals surface area contributed by atoms with Gasteiger partial charge in [0.15, 0.2) is 0 Å². The number of carboxylic acids is 1. The van der Waals surface area contributed by atoms with Crippen LogP contribution in [-0.4, -0.2) is 37.2 Å². The van der Waals surface area contributed by atoms with Gasteiger partial charge in [-0.15, -0.1) is 0 Å². The van der Waals surface area contributed by atoms with Crippen molar-refractivity contribution in [2.45, 2.75) is 39.0 Å². The molecule has 5 nitrogen and oxygen atoms in total. The Morgan fingerprint density at radius 2 is 2.05 bits per heavy atom. The number of methoxy groups -OCH3 is 1. The van der Waals surface area contributed by atoms with Gasteiger partial charge in [-0.05, 0) is 24.7 Å². The summed E-state index contributed by atoms with van der Waals surface area (Å²) in [7, 11) is 1.62. The summed E-state index contributed by atoms with van der Waals surface area (Å²) < 4.78 is 4.99. The summed E-state index contributed by atoms with van der Waals surface area (Å²) in [5, 5.41) is 12.0. The molecule has 110 valence electrons. The third-order valence-corrected chi connectivity index (χ3v) is 3.77. The van der Waals surface area contributed by atoms with Gasteiger partial charge in [0.05, 0.1) is 5.92 Å². The number of amides is 1. The van der Waals surface area contributed by atoms with Crippen LogP contribution in [0, 0.1) is 17.8 Å². The summed E-state index contributed by atoms with van der Waals surface area (Å²) in [5.74, 6) is -0.782. The highest BCUT2D eigenvalue weighted by Crippen LogP contribution is 2.29. The number of carbonyl (C=O) groups is 2. The Kier molecular flexibility index (Phi) is 6.84. The van der Waals surface area contributed by atoms with Crippen molar-refractivity contribution in [1.82, 2.24) is 5.32 Å². The Morgan fingerprint density at radius 1 is 1.37 bits per heavy atom. The van der Waals surface area contributed by atoms with Crippen LogP contribution in [0.3, 0.4) is 0 Å². The van der Waals surface area contributed by atoms with Crippen LogP contribution in [0.2, 0.25) is 0 Å². The fraction of sp³-hybridized carbons (Fsp3) is 0.857. The summed E-state index contributed by atoms with van der Waals surface area (Å²) in [4.78, 5) is 22.9. The van der Waals surface area contributed by atoms with E-state index in [1.807, 2.05) is 6.92 Å². The molecule has 1 saturated carbocycles. The van der Waals surface area contributed by atoms with Crippen LogP contribution in [0.25, 0.3) is 0 Å². The summed E-state index contributed by atoms with van der Waals surface area (Å²) in [6, 6.07) is 0. The first-order valence-corrected chi connectivity index (χ1v) is 7.03. The molecular weight excluding hydrogens is 246 g/mol. The molecular formula is C14H25NO4. The van der Waals surface area contributed by atoms with Gasteiger partial charge in [0, 0.05) is 26.7 Å². The predicted molar refractivity (Wildman–Crippen MR) is 71.8 cm³/mol. The Hall–Kier alpha value is -1.10. The van der Waals surface area contributed by atoms with E-state index in [1.165, 1.54) is 0 Å². The molecule has 0 aromatic rings. The topological polar surface area (TPSA) is 75.6 Å². The van der Waals surface area contributed by atoms with E-state index in [4.69, 9.17) is 9.84 Å². The summed E-state index contributed by atoms with van der Waals surface area (Å²) in [6.45, 7) is 3.01. The second-order valence-electron chi connectivity index (χ2n) is 5.56. The monoisotopic (exact) mass is 271 g/mol. The molecule has 1 aliphatic rings. The predicted octanol–water partition coefficient (Wildman–Crippen LogP) is 1.67. The molecule has 3 unspecified atom stereocenters. The van der Waals surface area contributed by atoms with Crippen LogP contribution in [0.5, 0.6) is 0 Å². The lowest BCUT2D eigenvalue weighted by Crippen LogP contribution is -2.37. The summed E-state index contributed by atoms with van der Waals surface area (Å²) in [5.41, 5.74) is 0. The third kappa shape index (κ3) is 5.59. The van der Waals surface area contributed by atoms with Gasteiger partial charge in [-0.3, -0.25) is 9.59 Å². The average molecular weight is 271 g/mol. The first kappa shape index (κ1) is 16.0. The molecule has 0 heterocycles. The molecule has 2 N–H and O–H groups in total. The lowest BCUT2D eigenvalue weighted by atomic mass is 9.79. The Labute approximate surface area is 114 Å². The molecule has 0 aliphatic heterocycles. The highest BCUT2D eigenvalue weighted by molar-refractivity contribution is 5.76. The molecule has 5 heteroatoms. The van der Waals surface area contributed by atoms with Crippen LogP contribution in [0.1, 0.15) is 39.0 Å². The van der Waals surface area contributed by atoms with Gasteiger partial charge >= 0.3 is 5.97 Å². The average Bonchev–Trinajstić information content (AvgIpc) is 2.36. The van der Waals surface area contributed by atoms with E-state index in [1.54, 1.807) is 7.11 Å². The lowest BCUT2D eigenvalue weighted by Gasteiger charge is -2.28. The smallest absolute Gasteiger partial charge is 0.306 e. The van der Waals surface area contributed by atoms with Gasteiger partial charge in [0.2, 0.25) is 5.91 Å². The summed E-state index contributed by atoms with van der Waals surface area (Å²) in [6.07, 6.45) is 4.09. The van der Waals surface area contributed by atoms with Crippen molar-refractivity contribution in [2.75, 3.05) is 20.3 Å². The molecule has 0 saturated heterocycles. The van der Waals surface area contributed by atoms with E-state index in [-0.39, 0.29) is 23.7 Å². The zero-order valence-corrected chi connectivity index (χ0v) is 11.9. The van der Waals surface area contributed by atoms with Gasteiger partial charge in [0.25, 0.3) is 0 Å². The minimum Gasteiger partial charge on any atom is -0.481 e. The van der Waals surface area contributed by atoms with Gasteiger partial charge in [-0.2, -0.15) is 0 Å². The van der Waals surface area contributed by atoms with Crippen molar-refractivity contribution >= 4 is 11.9 Å². The van der Waals surface area contributed by atoms with Crippen LogP contribution < -0.4 is 5.32 Å². The number of nitrogens with one attached hydrogen (secondary N) is 1. The van der Waals surface area contributed by atoms with Gasteiger partial charge in [-0.1, -0.05) is 19.8 Å². The zero-order valence-electron chi connectivity index (χ0n) is 11.9. The third-order valence-electron chi connectivity index (χ3n) is 3.77. The summed E-state index contributed by atoms with van der Waals surface area (Å²) >= 11 is 0. The lowest BCUT2D eigenvalue weighted by molar-refractivity contribution is -0.145. The van der Waals surface area contributed by atoms with Crippen molar-refractivity contribution in [3.63, 3.8) is 0 Å². The van der Waals surface area contributed by atoms with Crippen LogP contribution in [0.4, 0.5) is 0 Å². The van der Waals surface area contributed by atoms with Crippen LogP contribution in [0.15, 0.2) is 0 Å². The van der Waals surface area contributed by atoms with Crippen molar-refractivity contribution in [2.24, 2.45) is 17.8 Å². The fourth-order valence-corrected chi connectivity index (χ4v) is 2.75. The molecule has 1 rings (SSSR count). The maximum Gasteiger partial charge on any atom is 0.306 e. The standard InChI is InChI=1S/C14H25NO4/c1-10(9-19-2)7-13(16)15-8-11-5-3-4-6-12(11)14(17)18/h10-12H,3-9H2,1-2H3,(H,15,16)(H,17,18). The van der Waals surface area contributed by atoms with Crippen molar-refractivity contribution < 1.29 is 19.4 Å². The minimum atomic E-state index is -0.730. The maximum atomic E-state index is 11.7. The van der Waals surface area contributed by atoms with E-state index in [0.29, 0.717) is 19.6 Å². The number of carbonyl (C=O) groups excluding carboxylic acids is 1. The molecule has 1 fully saturated rings. The highest BCUT2D eigenvalue weighted by atomic mass is 16.5. The van der Waals surface area contributed by atoms with E-state index < -0.39 is 5.97 Å². The second-order valence-corrected chi connectivity index (χ2v) is 5.56. The first-order valence-electron chi connectivity index (χ1n) is 7.03. The molecule has 0 spiro atoms. The molecule has 1 amide bonds. The van der Waals surface area contributed by atoms with Crippen LogP contribution in [-0.2, 0) is 14.3 Å². The number of hydrogen-bond donors (Lipinski definition) is 2. The van der Waals surface area contributed by atoms with Crippen molar-refractivity contribution in [3.05, 3.63) is 0 Å². The van der Waals surface area contributed by atoms with E-state index >= 15 is 0 Å². The zero-order chi connectivity index (χ0) is 14.3. The first-order chi connectivity index (χ1) is 9.04. The number of rotatable bonds is 7. The largest absolute Gasteiger partial charge is 0.481 e. The maximum absolute atomic E-state index is 11.7. The number of ether oxygens (including phenoxy) is 1. The van der Waals surface area contributed by atoms with Crippen LogP contribution >= 0.6 is 0 Å². The minimum absolute atomic E-state index is 0.0146. The molecule has 19 heavy (non-hydrogen) atoms. The van der Waals surface area contributed by atoms with E-state index in [2.05, 4.69) is 5.32 Å². The highest BCUT2D eigenvalue weighted by Gasteiger charge is 2.30. The van der Waals surface area contributed by atoms with E-state index in [0.717, 1.165) is 25.7 Å². The van der Waals surface area contributed by atoms with Crippen molar-refractivity contribution in [3.8, 4) is 0 Å². The van der Waals surface area contributed by atoms with Crippen molar-refractivity contribution in [1.29, 1.82) is 0 Å². The number of aliphatic carboxylic acids is 1. The second kappa shape index (κ2) is 8.15. The Bertz CT molecular complexity index is 306. The Balaban J connectivity index is 2.33. The van der Waals surface area contributed by atoms with E-state index in [9.17, 15) is 9.59 Å². The normalized spacial score (nSPS) is 24.7. The fourth-order valence-electron chi connectivity index (χ4n) is 2.75. The number of hydrogen-bond acceptors (Lipinski definition) is 3. The van der Waals surface area contributed by atoms with Gasteiger partial charge in [0.1, 0.15) is 0 Å². The van der Waals surface area contributed by atoms with Gasteiger partial charge < -0.3 is 15.2 Å². The quantitative estimate of drug-likeness (QED) is 0.738. The molecule has 0 aromatic carbocycles. The SMILES string of the molecule is COCC(C)CC(=O)NCC1CCCCC1C(=O)O. The molecule has 0 bridgehead atoms. The molecule has 1 aliphatic carbocycles. The molecule has 0 aromatic heterocycles. The Morgan fingerprint density at radius 3 is 2.68 bits per heavy atom. The molecule has 3 atom stereocenters. The van der Waals surface area contributed by atoms with Gasteiger partial charge in [-0.25, -0.2) is 0 Å².